The Kier molecular flexibility index (Phi) is 4.44. The molecule has 1 aliphatic rings. The summed E-state index contributed by atoms with van der Waals surface area (Å²) in [5.74, 6) is 0.537. The molecule has 1 unspecified atom stereocenters. The summed E-state index contributed by atoms with van der Waals surface area (Å²) in [7, 11) is 0. The van der Waals surface area contributed by atoms with Gasteiger partial charge in [0.1, 0.15) is 0 Å². The molecule has 4 nitrogen and oxygen atoms in total. The van der Waals surface area contributed by atoms with Crippen molar-refractivity contribution in [3.63, 3.8) is 0 Å². The lowest BCUT2D eigenvalue weighted by Crippen LogP contribution is -2.36. The van der Waals surface area contributed by atoms with Crippen LogP contribution in [0.2, 0.25) is 0 Å². The van der Waals surface area contributed by atoms with Crippen molar-refractivity contribution >= 4 is 0 Å². The van der Waals surface area contributed by atoms with Crippen LogP contribution in [0.3, 0.4) is 0 Å². The number of ether oxygens (including phenoxy) is 1. The van der Waals surface area contributed by atoms with Crippen LogP contribution in [-0.2, 0) is 11.3 Å². The normalized spacial score (nSPS) is 18.7. The second-order valence-electron chi connectivity index (χ2n) is 4.90. The molecule has 0 saturated carbocycles. The smallest absolute Gasteiger partial charge is 0.161 e. The number of benzene rings is 1. The van der Waals surface area contributed by atoms with Gasteiger partial charge in [0.05, 0.1) is 0 Å². The zero-order valence-electron chi connectivity index (χ0n) is 10.7. The zero-order chi connectivity index (χ0) is 13.0. The molecule has 1 saturated heterocycles. The van der Waals surface area contributed by atoms with Crippen molar-refractivity contribution in [1.82, 2.24) is 5.32 Å². The van der Waals surface area contributed by atoms with Crippen molar-refractivity contribution in [1.29, 1.82) is 0 Å². The second-order valence-corrected chi connectivity index (χ2v) is 4.90. The van der Waals surface area contributed by atoms with Gasteiger partial charge in [-0.15, -0.1) is 0 Å². The molecule has 0 aromatic heterocycles. The third-order valence-corrected chi connectivity index (χ3v) is 3.69. The molecule has 1 heterocycles. The Morgan fingerprint density at radius 1 is 1.33 bits per heavy atom. The van der Waals surface area contributed by atoms with Crippen molar-refractivity contribution in [3.8, 4) is 11.5 Å². The van der Waals surface area contributed by atoms with Crippen molar-refractivity contribution in [2.24, 2.45) is 5.92 Å². The number of phenols is 2. The van der Waals surface area contributed by atoms with Crippen LogP contribution in [0.15, 0.2) is 18.2 Å². The number of hydrogen-bond acceptors (Lipinski definition) is 4. The van der Waals surface area contributed by atoms with Crippen LogP contribution in [0, 0.1) is 5.92 Å². The Labute approximate surface area is 108 Å². The average molecular weight is 251 g/mol. The SMILES string of the molecule is CC(NCc1cccc(O)c1O)C1CCOCC1. The van der Waals surface area contributed by atoms with Gasteiger partial charge < -0.3 is 20.3 Å². The first kappa shape index (κ1) is 13.2. The first-order chi connectivity index (χ1) is 8.68. The Morgan fingerprint density at radius 2 is 2.06 bits per heavy atom. The van der Waals surface area contributed by atoms with Gasteiger partial charge in [0, 0.05) is 31.4 Å². The molecule has 1 atom stereocenters. The van der Waals surface area contributed by atoms with E-state index in [0.717, 1.165) is 31.6 Å². The number of nitrogens with one attached hydrogen (secondary N) is 1. The van der Waals surface area contributed by atoms with Gasteiger partial charge in [-0.2, -0.15) is 0 Å². The summed E-state index contributed by atoms with van der Waals surface area (Å²) in [6, 6.07) is 5.43. The fraction of sp³-hybridized carbons (Fsp3) is 0.571. The summed E-state index contributed by atoms with van der Waals surface area (Å²) in [5, 5.41) is 22.5. The van der Waals surface area contributed by atoms with Crippen molar-refractivity contribution < 1.29 is 14.9 Å². The minimum absolute atomic E-state index is 0.0239. The van der Waals surface area contributed by atoms with Gasteiger partial charge in [-0.1, -0.05) is 12.1 Å². The van der Waals surface area contributed by atoms with Crippen LogP contribution in [0.4, 0.5) is 0 Å². The molecule has 2 rings (SSSR count). The third-order valence-electron chi connectivity index (χ3n) is 3.69. The molecule has 1 fully saturated rings. The highest BCUT2D eigenvalue weighted by Gasteiger charge is 2.20. The highest BCUT2D eigenvalue weighted by Crippen LogP contribution is 2.28. The van der Waals surface area contributed by atoms with E-state index < -0.39 is 0 Å². The van der Waals surface area contributed by atoms with Gasteiger partial charge >= 0.3 is 0 Å². The summed E-state index contributed by atoms with van der Waals surface area (Å²) in [6.45, 7) is 4.41. The van der Waals surface area contributed by atoms with E-state index in [1.165, 1.54) is 6.07 Å². The third kappa shape index (κ3) is 3.15. The zero-order valence-corrected chi connectivity index (χ0v) is 10.7. The van der Waals surface area contributed by atoms with Gasteiger partial charge in [-0.3, -0.25) is 0 Å². The number of hydrogen-bond donors (Lipinski definition) is 3. The van der Waals surface area contributed by atoms with Gasteiger partial charge in [-0.05, 0) is 31.7 Å². The first-order valence-corrected chi connectivity index (χ1v) is 6.49. The maximum atomic E-state index is 9.71. The molecule has 18 heavy (non-hydrogen) atoms. The van der Waals surface area contributed by atoms with Crippen LogP contribution < -0.4 is 5.32 Å². The Balaban J connectivity index is 1.88. The second kappa shape index (κ2) is 6.07. The molecule has 4 heteroatoms. The van der Waals surface area contributed by atoms with Crippen LogP contribution >= 0.6 is 0 Å². The van der Waals surface area contributed by atoms with E-state index in [1.54, 1.807) is 6.07 Å². The van der Waals surface area contributed by atoms with Crippen molar-refractivity contribution in [2.45, 2.75) is 32.4 Å². The Morgan fingerprint density at radius 3 is 2.78 bits per heavy atom. The van der Waals surface area contributed by atoms with Gasteiger partial charge in [0.25, 0.3) is 0 Å². The predicted octanol–water partition coefficient (Wildman–Crippen LogP) is 2.00. The Bertz CT molecular complexity index is 389. The fourth-order valence-corrected chi connectivity index (χ4v) is 2.37. The van der Waals surface area contributed by atoms with Crippen LogP contribution in [-0.4, -0.2) is 29.5 Å². The van der Waals surface area contributed by atoms with Crippen molar-refractivity contribution in [3.05, 3.63) is 23.8 Å². The molecule has 100 valence electrons. The van der Waals surface area contributed by atoms with Gasteiger partial charge in [0.15, 0.2) is 11.5 Å². The minimum atomic E-state index is -0.0620. The van der Waals surface area contributed by atoms with Gasteiger partial charge in [0.2, 0.25) is 0 Å². The maximum absolute atomic E-state index is 9.71. The van der Waals surface area contributed by atoms with Crippen molar-refractivity contribution in [2.75, 3.05) is 13.2 Å². The largest absolute Gasteiger partial charge is 0.504 e. The molecule has 1 aromatic rings. The molecule has 1 aliphatic heterocycles. The van der Waals surface area contributed by atoms with E-state index in [9.17, 15) is 10.2 Å². The summed E-state index contributed by atoms with van der Waals surface area (Å²) in [6.07, 6.45) is 2.17. The summed E-state index contributed by atoms with van der Waals surface area (Å²) in [4.78, 5) is 0. The molecule has 0 spiro atoms. The van der Waals surface area contributed by atoms with Crippen LogP contribution in [0.25, 0.3) is 0 Å². The summed E-state index contributed by atoms with van der Waals surface area (Å²) >= 11 is 0. The molecule has 0 bridgehead atoms. The number of phenolic OH excluding ortho intramolecular Hbond substituents is 2. The maximum Gasteiger partial charge on any atom is 0.161 e. The molecular formula is C14H21NO3. The quantitative estimate of drug-likeness (QED) is 0.716. The van der Waals surface area contributed by atoms with E-state index in [2.05, 4.69) is 12.2 Å². The molecule has 0 amide bonds. The molecule has 3 N–H and O–H groups in total. The topological polar surface area (TPSA) is 61.7 Å². The van der Waals surface area contributed by atoms with E-state index in [0.29, 0.717) is 18.5 Å². The summed E-state index contributed by atoms with van der Waals surface area (Å²) < 4.78 is 5.35. The molecular weight excluding hydrogens is 230 g/mol. The lowest BCUT2D eigenvalue weighted by molar-refractivity contribution is 0.0557. The number of para-hydroxylation sites is 1. The minimum Gasteiger partial charge on any atom is -0.504 e. The van der Waals surface area contributed by atoms with E-state index >= 15 is 0 Å². The Hall–Kier alpha value is -1.26. The van der Waals surface area contributed by atoms with E-state index in [1.807, 2.05) is 6.07 Å². The lowest BCUT2D eigenvalue weighted by atomic mass is 9.93. The molecule has 1 aromatic carbocycles. The first-order valence-electron chi connectivity index (χ1n) is 6.49. The fourth-order valence-electron chi connectivity index (χ4n) is 2.37. The average Bonchev–Trinajstić information content (AvgIpc) is 2.41. The molecule has 0 radical (unpaired) electrons. The summed E-state index contributed by atoms with van der Waals surface area (Å²) in [5.41, 5.74) is 0.730. The van der Waals surface area contributed by atoms with Crippen LogP contribution in [0.1, 0.15) is 25.3 Å². The molecule has 0 aliphatic carbocycles. The highest BCUT2D eigenvalue weighted by molar-refractivity contribution is 5.44. The van der Waals surface area contributed by atoms with E-state index in [4.69, 9.17) is 4.74 Å². The standard InChI is InChI=1S/C14H21NO3/c1-10(11-5-7-18-8-6-11)15-9-12-3-2-4-13(16)14(12)17/h2-4,10-11,15-17H,5-9H2,1H3. The van der Waals surface area contributed by atoms with Crippen LogP contribution in [0.5, 0.6) is 11.5 Å². The highest BCUT2D eigenvalue weighted by atomic mass is 16.5. The number of aromatic hydroxyl groups is 2. The van der Waals surface area contributed by atoms with Gasteiger partial charge in [-0.25, -0.2) is 0 Å². The number of rotatable bonds is 4. The lowest BCUT2D eigenvalue weighted by Gasteiger charge is -2.28. The van der Waals surface area contributed by atoms with E-state index in [-0.39, 0.29) is 11.5 Å². The monoisotopic (exact) mass is 251 g/mol. The predicted molar refractivity (Wildman–Crippen MR) is 69.6 cm³/mol.